The van der Waals surface area contributed by atoms with Crippen molar-refractivity contribution >= 4 is 33.4 Å². The van der Waals surface area contributed by atoms with Gasteiger partial charge < -0.3 is 14.5 Å². The maximum Gasteiger partial charge on any atom is 0.277 e. The second-order valence-corrected chi connectivity index (χ2v) is 9.72. The van der Waals surface area contributed by atoms with Gasteiger partial charge in [-0.25, -0.2) is 12.7 Å². The fraction of sp³-hybridized carbons (Fsp3) is 0.250. The van der Waals surface area contributed by atoms with E-state index in [4.69, 9.17) is 9.15 Å². The number of amides is 1. The summed E-state index contributed by atoms with van der Waals surface area (Å²) >= 11 is 1.07. The average molecular weight is 463 g/mol. The number of hydrogen-bond acceptors (Lipinski definition) is 8. The van der Waals surface area contributed by atoms with Crippen molar-refractivity contribution in [2.24, 2.45) is 0 Å². The van der Waals surface area contributed by atoms with Crippen molar-refractivity contribution < 1.29 is 22.4 Å². The third-order valence-electron chi connectivity index (χ3n) is 4.30. The van der Waals surface area contributed by atoms with Gasteiger partial charge in [-0.15, -0.1) is 10.2 Å². The number of aryl methyl sites for hydroxylation is 1. The first-order valence-electron chi connectivity index (χ1n) is 9.15. The van der Waals surface area contributed by atoms with Crippen LogP contribution in [-0.2, 0) is 14.8 Å². The van der Waals surface area contributed by atoms with Gasteiger partial charge in [-0.3, -0.25) is 4.79 Å². The van der Waals surface area contributed by atoms with E-state index < -0.39 is 10.0 Å². The highest BCUT2D eigenvalue weighted by atomic mass is 32.2. The summed E-state index contributed by atoms with van der Waals surface area (Å²) in [5.74, 6) is 0.566. The summed E-state index contributed by atoms with van der Waals surface area (Å²) in [7, 11) is 0.851. The van der Waals surface area contributed by atoms with E-state index in [9.17, 15) is 13.2 Å². The maximum atomic E-state index is 12.4. The predicted octanol–water partition coefficient (Wildman–Crippen LogP) is 3.03. The minimum absolute atomic E-state index is 0.0111. The number of aromatic nitrogens is 2. The number of carbonyl (C=O) groups excluding carboxylic acids is 1. The highest BCUT2D eigenvalue weighted by Gasteiger charge is 2.20. The molecule has 0 fully saturated rings. The SMILES string of the molecule is COc1ccccc1-c1nnc(SCC(=O)Nc2ccc(C)c(S(=O)(=O)N(C)C)c2)o1. The molecule has 0 bridgehead atoms. The smallest absolute Gasteiger partial charge is 0.277 e. The van der Waals surface area contributed by atoms with E-state index in [2.05, 4.69) is 15.5 Å². The summed E-state index contributed by atoms with van der Waals surface area (Å²) in [5.41, 5.74) is 1.63. The Labute approximate surface area is 184 Å². The monoisotopic (exact) mass is 462 g/mol. The molecule has 0 saturated carbocycles. The Kier molecular flexibility index (Phi) is 6.98. The molecule has 0 spiro atoms. The van der Waals surface area contributed by atoms with E-state index in [-0.39, 0.29) is 27.7 Å². The molecule has 1 N–H and O–H groups in total. The number of benzene rings is 2. The minimum Gasteiger partial charge on any atom is -0.496 e. The topological polar surface area (TPSA) is 115 Å². The first-order valence-corrected chi connectivity index (χ1v) is 11.6. The van der Waals surface area contributed by atoms with E-state index in [1.807, 2.05) is 12.1 Å². The lowest BCUT2D eigenvalue weighted by atomic mass is 10.2. The highest BCUT2D eigenvalue weighted by molar-refractivity contribution is 7.99. The Morgan fingerprint density at radius 2 is 1.94 bits per heavy atom. The molecule has 3 rings (SSSR count). The zero-order chi connectivity index (χ0) is 22.6. The van der Waals surface area contributed by atoms with Crippen molar-refractivity contribution in [1.82, 2.24) is 14.5 Å². The summed E-state index contributed by atoms with van der Waals surface area (Å²) in [4.78, 5) is 12.5. The van der Waals surface area contributed by atoms with Crippen molar-refractivity contribution in [2.75, 3.05) is 32.3 Å². The summed E-state index contributed by atoms with van der Waals surface area (Å²) < 4.78 is 36.9. The summed E-state index contributed by atoms with van der Waals surface area (Å²) in [6.45, 7) is 1.70. The van der Waals surface area contributed by atoms with E-state index in [0.29, 0.717) is 22.6 Å². The number of sulfonamides is 1. The molecule has 1 heterocycles. The van der Waals surface area contributed by atoms with Gasteiger partial charge in [-0.05, 0) is 36.8 Å². The molecule has 3 aromatic rings. The number of ether oxygens (including phenoxy) is 1. The number of thioether (sulfide) groups is 1. The van der Waals surface area contributed by atoms with E-state index in [0.717, 1.165) is 16.1 Å². The van der Waals surface area contributed by atoms with Gasteiger partial charge in [0.15, 0.2) is 0 Å². The van der Waals surface area contributed by atoms with Crippen LogP contribution >= 0.6 is 11.8 Å². The Morgan fingerprint density at radius 3 is 2.65 bits per heavy atom. The van der Waals surface area contributed by atoms with Crippen molar-refractivity contribution in [3.8, 4) is 17.2 Å². The summed E-state index contributed by atoms with van der Waals surface area (Å²) in [6, 6.07) is 12.0. The molecule has 1 aromatic heterocycles. The molecule has 0 aliphatic rings. The molecule has 1 amide bonds. The largest absolute Gasteiger partial charge is 0.496 e. The normalized spacial score (nSPS) is 11.5. The fourth-order valence-corrected chi connectivity index (χ4v) is 4.38. The zero-order valence-corrected chi connectivity index (χ0v) is 19.1. The second-order valence-electron chi connectivity index (χ2n) is 6.68. The molecule has 11 heteroatoms. The van der Waals surface area contributed by atoms with Gasteiger partial charge in [0.05, 0.1) is 23.3 Å². The second kappa shape index (κ2) is 9.50. The number of nitrogens with one attached hydrogen (secondary N) is 1. The average Bonchev–Trinajstić information content (AvgIpc) is 3.22. The lowest BCUT2D eigenvalue weighted by molar-refractivity contribution is -0.113. The van der Waals surface area contributed by atoms with Crippen LogP contribution in [0.1, 0.15) is 5.56 Å². The lowest BCUT2D eigenvalue weighted by Crippen LogP contribution is -2.23. The standard InChI is InChI=1S/C20H22N4O5S2/c1-13-9-10-14(11-17(13)31(26,27)24(2)3)21-18(25)12-30-20-23-22-19(29-20)15-7-5-6-8-16(15)28-4/h5-11H,12H2,1-4H3,(H,21,25). The zero-order valence-electron chi connectivity index (χ0n) is 17.4. The molecule has 0 aliphatic carbocycles. The third-order valence-corrected chi connectivity index (χ3v) is 7.08. The maximum absolute atomic E-state index is 12.4. The van der Waals surface area contributed by atoms with Gasteiger partial charge in [0.25, 0.3) is 11.1 Å². The number of carbonyl (C=O) groups is 1. The van der Waals surface area contributed by atoms with Gasteiger partial charge in [-0.2, -0.15) is 0 Å². The first kappa shape index (κ1) is 22.8. The van der Waals surface area contributed by atoms with Gasteiger partial charge in [0.2, 0.25) is 15.9 Å². The Bertz CT molecular complexity index is 1190. The number of rotatable bonds is 8. The molecule has 0 saturated heterocycles. The molecule has 31 heavy (non-hydrogen) atoms. The highest BCUT2D eigenvalue weighted by Crippen LogP contribution is 2.30. The number of para-hydroxylation sites is 1. The fourth-order valence-electron chi connectivity index (χ4n) is 2.68. The van der Waals surface area contributed by atoms with E-state index in [1.54, 1.807) is 38.3 Å². The first-order chi connectivity index (χ1) is 14.7. The number of methoxy groups -OCH3 is 1. The van der Waals surface area contributed by atoms with Gasteiger partial charge >= 0.3 is 0 Å². The summed E-state index contributed by atoms with van der Waals surface area (Å²) in [5, 5.41) is 10.9. The van der Waals surface area contributed by atoms with Crippen LogP contribution in [-0.4, -0.2) is 55.8 Å². The van der Waals surface area contributed by atoms with Crippen LogP contribution in [0.4, 0.5) is 5.69 Å². The molecule has 0 atom stereocenters. The van der Waals surface area contributed by atoms with Crippen molar-refractivity contribution in [3.05, 3.63) is 48.0 Å². The molecule has 0 unspecified atom stereocenters. The van der Waals surface area contributed by atoms with Crippen molar-refractivity contribution in [1.29, 1.82) is 0 Å². The molecule has 0 radical (unpaired) electrons. The summed E-state index contributed by atoms with van der Waals surface area (Å²) in [6.07, 6.45) is 0. The number of nitrogens with zero attached hydrogens (tertiary/aromatic N) is 3. The van der Waals surface area contributed by atoms with Crippen molar-refractivity contribution in [2.45, 2.75) is 17.0 Å². The molecular weight excluding hydrogens is 440 g/mol. The van der Waals surface area contributed by atoms with E-state index in [1.165, 1.54) is 20.2 Å². The lowest BCUT2D eigenvalue weighted by Gasteiger charge is -2.15. The van der Waals surface area contributed by atoms with Crippen LogP contribution in [0.15, 0.2) is 57.0 Å². The Hall–Kier alpha value is -2.89. The van der Waals surface area contributed by atoms with Crippen LogP contribution in [0.5, 0.6) is 5.75 Å². The van der Waals surface area contributed by atoms with Crippen LogP contribution in [0.25, 0.3) is 11.5 Å². The molecular formula is C20H22N4O5S2. The predicted molar refractivity (Wildman–Crippen MR) is 118 cm³/mol. The van der Waals surface area contributed by atoms with Crippen LogP contribution < -0.4 is 10.1 Å². The Morgan fingerprint density at radius 1 is 1.19 bits per heavy atom. The van der Waals surface area contributed by atoms with E-state index >= 15 is 0 Å². The quantitative estimate of drug-likeness (QED) is 0.508. The Balaban J connectivity index is 1.66. The van der Waals surface area contributed by atoms with Crippen molar-refractivity contribution in [3.63, 3.8) is 0 Å². The van der Waals surface area contributed by atoms with Crippen LogP contribution in [0, 0.1) is 6.92 Å². The third kappa shape index (κ3) is 5.24. The molecule has 164 valence electrons. The molecule has 2 aromatic carbocycles. The minimum atomic E-state index is -3.62. The van der Waals surface area contributed by atoms with Gasteiger partial charge in [0, 0.05) is 19.8 Å². The van der Waals surface area contributed by atoms with Gasteiger partial charge in [0.1, 0.15) is 5.75 Å². The van der Waals surface area contributed by atoms with Gasteiger partial charge in [-0.1, -0.05) is 30.0 Å². The molecule has 0 aliphatic heterocycles. The number of hydrogen-bond donors (Lipinski definition) is 1. The van der Waals surface area contributed by atoms with Crippen LogP contribution in [0.2, 0.25) is 0 Å². The van der Waals surface area contributed by atoms with Crippen LogP contribution in [0.3, 0.4) is 0 Å². The number of anilines is 1. The molecule has 9 nitrogen and oxygen atoms in total.